The molecule has 0 unspecified atom stereocenters. The fraction of sp³-hybridized carbons (Fsp3) is 0.250. The molecule has 116 valence electrons. The number of nitrogens with one attached hydrogen (secondary N) is 3. The molecule has 0 saturated carbocycles. The normalized spacial score (nSPS) is 11.7. The highest BCUT2D eigenvalue weighted by molar-refractivity contribution is 7.09. The zero-order valence-electron chi connectivity index (χ0n) is 12.3. The van der Waals surface area contributed by atoms with Crippen LogP contribution < -0.4 is 16.0 Å². The van der Waals surface area contributed by atoms with Gasteiger partial charge in [0.25, 0.3) is 0 Å². The molecule has 5 nitrogen and oxygen atoms in total. The number of urea groups is 1. The van der Waals surface area contributed by atoms with Gasteiger partial charge in [-0.15, -0.1) is 11.3 Å². The lowest BCUT2D eigenvalue weighted by atomic mass is 10.1. The van der Waals surface area contributed by atoms with Gasteiger partial charge in [0.2, 0.25) is 5.91 Å². The summed E-state index contributed by atoms with van der Waals surface area (Å²) < 4.78 is 0. The zero-order valence-corrected chi connectivity index (χ0v) is 13.2. The molecule has 0 aliphatic heterocycles. The molecule has 0 aliphatic rings. The van der Waals surface area contributed by atoms with Crippen LogP contribution in [0.15, 0.2) is 47.8 Å². The van der Waals surface area contributed by atoms with Crippen LogP contribution in [0.2, 0.25) is 0 Å². The molecule has 1 aromatic carbocycles. The summed E-state index contributed by atoms with van der Waals surface area (Å²) in [6, 6.07) is 12.3. The van der Waals surface area contributed by atoms with E-state index in [9.17, 15) is 9.59 Å². The lowest BCUT2D eigenvalue weighted by molar-refractivity contribution is -0.122. The van der Waals surface area contributed by atoms with Gasteiger partial charge in [-0.1, -0.05) is 36.4 Å². The van der Waals surface area contributed by atoms with Crippen molar-refractivity contribution in [3.8, 4) is 0 Å². The van der Waals surface area contributed by atoms with Crippen LogP contribution >= 0.6 is 11.3 Å². The summed E-state index contributed by atoms with van der Waals surface area (Å²) in [5.74, 6) is -0.367. The number of carbonyl (C=O) groups is 2. The number of hydrogen-bond acceptors (Lipinski definition) is 4. The zero-order chi connectivity index (χ0) is 15.8. The number of rotatable bonds is 6. The third kappa shape index (κ3) is 4.68. The monoisotopic (exact) mass is 317 g/mol. The summed E-state index contributed by atoms with van der Waals surface area (Å²) in [5, 5.41) is 10.1. The van der Waals surface area contributed by atoms with E-state index in [1.165, 1.54) is 0 Å². The smallest absolute Gasteiger partial charge is 0.321 e. The van der Waals surface area contributed by atoms with Crippen molar-refractivity contribution in [2.24, 2.45) is 0 Å². The second kappa shape index (κ2) is 8.31. The van der Waals surface area contributed by atoms with E-state index < -0.39 is 12.1 Å². The first-order valence-corrected chi connectivity index (χ1v) is 7.98. The van der Waals surface area contributed by atoms with Crippen LogP contribution in [0.3, 0.4) is 0 Å². The molecule has 2 rings (SSSR count). The van der Waals surface area contributed by atoms with Crippen molar-refractivity contribution in [2.75, 3.05) is 6.54 Å². The molecule has 0 spiro atoms. The quantitative estimate of drug-likeness (QED) is 0.766. The maximum Gasteiger partial charge on any atom is 0.321 e. The Hall–Kier alpha value is -2.18. The summed E-state index contributed by atoms with van der Waals surface area (Å²) in [7, 11) is 0. The van der Waals surface area contributed by atoms with E-state index in [0.717, 1.165) is 10.4 Å². The van der Waals surface area contributed by atoms with Gasteiger partial charge in [-0.2, -0.15) is 0 Å². The molecule has 3 amide bonds. The van der Waals surface area contributed by atoms with Gasteiger partial charge in [-0.3, -0.25) is 15.4 Å². The molecule has 3 N–H and O–H groups in total. The average Bonchev–Trinajstić information content (AvgIpc) is 3.02. The van der Waals surface area contributed by atoms with Crippen LogP contribution in [0.25, 0.3) is 0 Å². The predicted molar refractivity (Wildman–Crippen MR) is 87.6 cm³/mol. The van der Waals surface area contributed by atoms with Crippen molar-refractivity contribution in [3.05, 3.63) is 58.3 Å². The van der Waals surface area contributed by atoms with Gasteiger partial charge in [0.15, 0.2) is 0 Å². The summed E-state index contributed by atoms with van der Waals surface area (Å²) in [4.78, 5) is 25.0. The van der Waals surface area contributed by atoms with Crippen molar-refractivity contribution in [3.63, 3.8) is 0 Å². The van der Waals surface area contributed by atoms with Gasteiger partial charge < -0.3 is 5.32 Å². The minimum absolute atomic E-state index is 0.367. The van der Waals surface area contributed by atoms with Crippen molar-refractivity contribution in [2.45, 2.75) is 19.5 Å². The number of hydrogen-bond donors (Lipinski definition) is 3. The van der Waals surface area contributed by atoms with Gasteiger partial charge in [-0.05, 0) is 23.9 Å². The van der Waals surface area contributed by atoms with E-state index in [-0.39, 0.29) is 5.91 Å². The van der Waals surface area contributed by atoms with E-state index >= 15 is 0 Å². The standard InChI is InChI=1S/C16H19N3O2S/c1-2-17-16(21)19-15(20)14(12-7-4-3-5-8-12)18-11-13-9-6-10-22-13/h3-10,14,18H,2,11H2,1H3,(H2,17,19,20,21)/t14-/m1/s1. The SMILES string of the molecule is CCNC(=O)NC(=O)[C@H](NCc1cccs1)c1ccccc1. The molecule has 2 aromatic rings. The lowest BCUT2D eigenvalue weighted by Gasteiger charge is -2.18. The molecule has 22 heavy (non-hydrogen) atoms. The Balaban J connectivity index is 2.07. The van der Waals surface area contributed by atoms with Crippen LogP contribution in [-0.2, 0) is 11.3 Å². The van der Waals surface area contributed by atoms with Crippen molar-refractivity contribution in [1.82, 2.24) is 16.0 Å². The van der Waals surface area contributed by atoms with Gasteiger partial charge in [0, 0.05) is 18.0 Å². The molecule has 0 fully saturated rings. The first kappa shape index (κ1) is 16.2. The number of carbonyl (C=O) groups excluding carboxylic acids is 2. The fourth-order valence-electron chi connectivity index (χ4n) is 2.01. The number of thiophene rings is 1. The molecule has 1 aromatic heterocycles. The van der Waals surface area contributed by atoms with Crippen LogP contribution in [0.1, 0.15) is 23.4 Å². The number of benzene rings is 1. The summed E-state index contributed by atoms with van der Waals surface area (Å²) in [5.41, 5.74) is 0.820. The first-order valence-electron chi connectivity index (χ1n) is 7.10. The van der Waals surface area contributed by atoms with E-state index in [1.807, 2.05) is 47.8 Å². The molecule has 0 radical (unpaired) electrons. The maximum atomic E-state index is 12.4. The minimum Gasteiger partial charge on any atom is -0.338 e. The molecular weight excluding hydrogens is 298 g/mol. The Bertz CT molecular complexity index is 599. The van der Waals surface area contributed by atoms with Crippen LogP contribution in [-0.4, -0.2) is 18.5 Å². The topological polar surface area (TPSA) is 70.2 Å². The van der Waals surface area contributed by atoms with Crippen molar-refractivity contribution in [1.29, 1.82) is 0 Å². The average molecular weight is 317 g/mol. The van der Waals surface area contributed by atoms with Crippen molar-refractivity contribution < 1.29 is 9.59 Å². The highest BCUT2D eigenvalue weighted by atomic mass is 32.1. The molecule has 1 heterocycles. The molecule has 0 aliphatic carbocycles. The largest absolute Gasteiger partial charge is 0.338 e. The van der Waals surface area contributed by atoms with Crippen LogP contribution in [0, 0.1) is 0 Å². The Morgan fingerprint density at radius 1 is 1.14 bits per heavy atom. The Kier molecular flexibility index (Phi) is 6.12. The number of amides is 3. The third-order valence-corrected chi connectivity index (χ3v) is 3.91. The lowest BCUT2D eigenvalue weighted by Crippen LogP contribution is -2.44. The van der Waals surface area contributed by atoms with E-state index in [1.54, 1.807) is 18.3 Å². The molecule has 0 saturated heterocycles. The van der Waals surface area contributed by atoms with Crippen molar-refractivity contribution >= 4 is 23.3 Å². The van der Waals surface area contributed by atoms with E-state index in [2.05, 4.69) is 16.0 Å². The fourth-order valence-corrected chi connectivity index (χ4v) is 2.67. The predicted octanol–water partition coefficient (Wildman–Crippen LogP) is 2.42. The first-order chi connectivity index (χ1) is 10.7. The van der Waals surface area contributed by atoms with E-state index in [0.29, 0.717) is 13.1 Å². The highest BCUT2D eigenvalue weighted by Crippen LogP contribution is 2.15. The summed E-state index contributed by atoms with van der Waals surface area (Å²) in [6.07, 6.45) is 0. The van der Waals surface area contributed by atoms with Gasteiger partial charge in [0.1, 0.15) is 6.04 Å². The van der Waals surface area contributed by atoms with Crippen LogP contribution in [0.4, 0.5) is 4.79 Å². The van der Waals surface area contributed by atoms with E-state index in [4.69, 9.17) is 0 Å². The van der Waals surface area contributed by atoms with Crippen LogP contribution in [0.5, 0.6) is 0 Å². The second-order valence-electron chi connectivity index (χ2n) is 4.65. The Morgan fingerprint density at radius 2 is 1.91 bits per heavy atom. The van der Waals surface area contributed by atoms with Gasteiger partial charge in [-0.25, -0.2) is 4.79 Å². The number of imide groups is 1. The second-order valence-corrected chi connectivity index (χ2v) is 5.68. The molecule has 0 bridgehead atoms. The Morgan fingerprint density at radius 3 is 2.55 bits per heavy atom. The van der Waals surface area contributed by atoms with Gasteiger partial charge >= 0.3 is 6.03 Å². The third-order valence-electron chi connectivity index (χ3n) is 3.03. The Labute approximate surface area is 133 Å². The minimum atomic E-state index is -0.578. The highest BCUT2D eigenvalue weighted by Gasteiger charge is 2.21. The molecule has 1 atom stereocenters. The molecule has 6 heteroatoms. The summed E-state index contributed by atoms with van der Waals surface area (Å²) in [6.45, 7) is 2.84. The molecular formula is C16H19N3O2S. The van der Waals surface area contributed by atoms with Gasteiger partial charge in [0.05, 0.1) is 0 Å². The summed E-state index contributed by atoms with van der Waals surface area (Å²) >= 11 is 1.62. The maximum absolute atomic E-state index is 12.4.